The Balaban J connectivity index is 2.63. The molecule has 1 rings (SSSR count). The third-order valence-electron chi connectivity index (χ3n) is 2.15. The van der Waals surface area contributed by atoms with E-state index < -0.39 is 0 Å². The van der Waals surface area contributed by atoms with E-state index in [1.807, 2.05) is 26.0 Å². The van der Waals surface area contributed by atoms with E-state index in [9.17, 15) is 5.11 Å². The molecule has 13 heavy (non-hydrogen) atoms. The Morgan fingerprint density at radius 2 is 2.15 bits per heavy atom. The molecule has 72 valence electrons. The lowest BCUT2D eigenvalue weighted by Gasteiger charge is -2.06. The molecule has 0 aliphatic rings. The predicted molar refractivity (Wildman–Crippen MR) is 54.8 cm³/mol. The monoisotopic (exact) mass is 179 g/mol. The number of rotatable bonds is 3. The fourth-order valence-corrected chi connectivity index (χ4v) is 1.27. The minimum absolute atomic E-state index is 0.245. The van der Waals surface area contributed by atoms with Crippen LogP contribution in [0.1, 0.15) is 24.5 Å². The Morgan fingerprint density at radius 1 is 1.46 bits per heavy atom. The molecule has 1 unspecified atom stereocenters. The fraction of sp³-hybridized carbons (Fsp3) is 0.455. The van der Waals surface area contributed by atoms with E-state index in [0.29, 0.717) is 5.75 Å². The van der Waals surface area contributed by atoms with Gasteiger partial charge in [0.15, 0.2) is 0 Å². The van der Waals surface area contributed by atoms with Gasteiger partial charge in [0.1, 0.15) is 5.75 Å². The summed E-state index contributed by atoms with van der Waals surface area (Å²) in [6.45, 7) is 3.91. The zero-order valence-corrected chi connectivity index (χ0v) is 8.25. The zero-order chi connectivity index (χ0) is 9.84. The maximum Gasteiger partial charge on any atom is 0.118 e. The van der Waals surface area contributed by atoms with Crippen molar-refractivity contribution in [3.8, 4) is 5.75 Å². The van der Waals surface area contributed by atoms with E-state index in [0.717, 1.165) is 18.4 Å². The standard InChI is InChI=1S/C11H17NO/c1-8-7-10(4-3-9(2)12)5-6-11(8)13/h5-7,9,13H,3-4,12H2,1-2H3. The van der Waals surface area contributed by atoms with Gasteiger partial charge >= 0.3 is 0 Å². The first-order valence-electron chi connectivity index (χ1n) is 4.63. The highest BCUT2D eigenvalue weighted by Crippen LogP contribution is 2.17. The SMILES string of the molecule is Cc1cc(CCC(C)N)ccc1O. The van der Waals surface area contributed by atoms with Gasteiger partial charge in [0, 0.05) is 6.04 Å². The van der Waals surface area contributed by atoms with Crippen LogP contribution in [0.5, 0.6) is 5.75 Å². The molecule has 0 aromatic heterocycles. The average molecular weight is 179 g/mol. The molecule has 0 aliphatic carbocycles. The molecule has 2 nitrogen and oxygen atoms in total. The van der Waals surface area contributed by atoms with Gasteiger partial charge in [-0.15, -0.1) is 0 Å². The summed E-state index contributed by atoms with van der Waals surface area (Å²) in [5.74, 6) is 0.365. The number of hydrogen-bond acceptors (Lipinski definition) is 2. The van der Waals surface area contributed by atoms with Crippen LogP contribution in [0.25, 0.3) is 0 Å². The van der Waals surface area contributed by atoms with Gasteiger partial charge in [-0.3, -0.25) is 0 Å². The Bertz CT molecular complexity index is 281. The maximum atomic E-state index is 9.30. The third kappa shape index (κ3) is 3.07. The van der Waals surface area contributed by atoms with E-state index in [2.05, 4.69) is 0 Å². The molecule has 0 fully saturated rings. The summed E-state index contributed by atoms with van der Waals surface area (Å²) < 4.78 is 0. The van der Waals surface area contributed by atoms with Crippen LogP contribution in [0.4, 0.5) is 0 Å². The Kier molecular flexibility index (Phi) is 3.32. The molecular weight excluding hydrogens is 162 g/mol. The van der Waals surface area contributed by atoms with Crippen LogP contribution >= 0.6 is 0 Å². The number of benzene rings is 1. The van der Waals surface area contributed by atoms with Crippen LogP contribution in [0.15, 0.2) is 18.2 Å². The zero-order valence-electron chi connectivity index (χ0n) is 8.25. The molecule has 1 aromatic carbocycles. The molecule has 3 N–H and O–H groups in total. The van der Waals surface area contributed by atoms with Gasteiger partial charge < -0.3 is 10.8 Å². The van der Waals surface area contributed by atoms with E-state index in [1.165, 1.54) is 5.56 Å². The van der Waals surface area contributed by atoms with Gasteiger partial charge in [0.2, 0.25) is 0 Å². The summed E-state index contributed by atoms with van der Waals surface area (Å²) in [6, 6.07) is 5.95. The normalized spacial score (nSPS) is 12.8. The summed E-state index contributed by atoms with van der Waals surface area (Å²) in [4.78, 5) is 0. The maximum absolute atomic E-state index is 9.30. The van der Waals surface area contributed by atoms with E-state index >= 15 is 0 Å². The van der Waals surface area contributed by atoms with Crippen molar-refractivity contribution in [3.05, 3.63) is 29.3 Å². The summed E-state index contributed by atoms with van der Waals surface area (Å²) in [7, 11) is 0. The summed E-state index contributed by atoms with van der Waals surface area (Å²) in [5, 5.41) is 9.30. The Hall–Kier alpha value is -1.02. The quantitative estimate of drug-likeness (QED) is 0.745. The molecule has 0 saturated heterocycles. The number of nitrogens with two attached hydrogens (primary N) is 1. The van der Waals surface area contributed by atoms with E-state index in [4.69, 9.17) is 5.73 Å². The predicted octanol–water partition coefficient (Wildman–Crippen LogP) is 1.98. The van der Waals surface area contributed by atoms with Gasteiger partial charge in [-0.25, -0.2) is 0 Å². The lowest BCUT2D eigenvalue weighted by Crippen LogP contribution is -2.15. The summed E-state index contributed by atoms with van der Waals surface area (Å²) in [6.07, 6.45) is 1.98. The van der Waals surface area contributed by atoms with Crippen LogP contribution in [-0.2, 0) is 6.42 Å². The number of aryl methyl sites for hydroxylation is 2. The Labute approximate surface area is 79.4 Å². The van der Waals surface area contributed by atoms with Gasteiger partial charge in [0.05, 0.1) is 0 Å². The second kappa shape index (κ2) is 4.28. The first-order chi connectivity index (χ1) is 6.09. The van der Waals surface area contributed by atoms with Crippen molar-refractivity contribution in [3.63, 3.8) is 0 Å². The minimum Gasteiger partial charge on any atom is -0.508 e. The number of phenolic OH excluding ortho intramolecular Hbond substituents is 1. The number of hydrogen-bond donors (Lipinski definition) is 2. The lowest BCUT2D eigenvalue weighted by molar-refractivity contribution is 0.470. The van der Waals surface area contributed by atoms with Crippen LogP contribution < -0.4 is 5.73 Å². The van der Waals surface area contributed by atoms with E-state index in [-0.39, 0.29) is 6.04 Å². The van der Waals surface area contributed by atoms with Crippen molar-refractivity contribution in [2.24, 2.45) is 5.73 Å². The molecule has 1 aromatic rings. The molecule has 0 aliphatic heterocycles. The average Bonchev–Trinajstić information content (AvgIpc) is 2.07. The molecule has 0 bridgehead atoms. The summed E-state index contributed by atoms with van der Waals surface area (Å²) in [5.41, 5.74) is 7.83. The van der Waals surface area contributed by atoms with Crippen molar-refractivity contribution >= 4 is 0 Å². The van der Waals surface area contributed by atoms with Crippen molar-refractivity contribution < 1.29 is 5.11 Å². The first-order valence-corrected chi connectivity index (χ1v) is 4.63. The molecule has 0 heterocycles. The van der Waals surface area contributed by atoms with Crippen LogP contribution in [0, 0.1) is 6.92 Å². The van der Waals surface area contributed by atoms with Crippen molar-refractivity contribution in [1.82, 2.24) is 0 Å². The van der Waals surface area contributed by atoms with Gasteiger partial charge in [-0.05, 0) is 43.9 Å². The topological polar surface area (TPSA) is 46.2 Å². The molecule has 0 spiro atoms. The summed E-state index contributed by atoms with van der Waals surface area (Å²) >= 11 is 0. The minimum atomic E-state index is 0.245. The molecule has 1 atom stereocenters. The van der Waals surface area contributed by atoms with Crippen molar-refractivity contribution in [2.75, 3.05) is 0 Å². The number of phenols is 1. The van der Waals surface area contributed by atoms with Crippen LogP contribution in [0.2, 0.25) is 0 Å². The highest BCUT2D eigenvalue weighted by Gasteiger charge is 1.99. The van der Waals surface area contributed by atoms with Crippen molar-refractivity contribution in [1.29, 1.82) is 0 Å². The van der Waals surface area contributed by atoms with Crippen molar-refractivity contribution in [2.45, 2.75) is 32.7 Å². The largest absolute Gasteiger partial charge is 0.508 e. The Morgan fingerprint density at radius 3 is 2.69 bits per heavy atom. The second-order valence-corrected chi connectivity index (χ2v) is 3.64. The molecule has 0 radical (unpaired) electrons. The first kappa shape index (κ1) is 10.1. The van der Waals surface area contributed by atoms with E-state index in [1.54, 1.807) is 6.07 Å². The van der Waals surface area contributed by atoms with Crippen LogP contribution in [0.3, 0.4) is 0 Å². The second-order valence-electron chi connectivity index (χ2n) is 3.64. The van der Waals surface area contributed by atoms with Gasteiger partial charge in [-0.2, -0.15) is 0 Å². The van der Waals surface area contributed by atoms with Gasteiger partial charge in [0.25, 0.3) is 0 Å². The highest BCUT2D eigenvalue weighted by atomic mass is 16.3. The molecule has 0 saturated carbocycles. The molecule has 2 heteroatoms. The lowest BCUT2D eigenvalue weighted by atomic mass is 10.0. The number of aromatic hydroxyl groups is 1. The van der Waals surface area contributed by atoms with Crippen LogP contribution in [-0.4, -0.2) is 11.1 Å². The third-order valence-corrected chi connectivity index (χ3v) is 2.15. The molecular formula is C11H17NO. The molecule has 0 amide bonds. The van der Waals surface area contributed by atoms with Gasteiger partial charge in [-0.1, -0.05) is 12.1 Å². The smallest absolute Gasteiger partial charge is 0.118 e. The highest BCUT2D eigenvalue weighted by molar-refractivity contribution is 5.34. The fourth-order valence-electron chi connectivity index (χ4n) is 1.27.